The second kappa shape index (κ2) is 5.77. The van der Waals surface area contributed by atoms with Gasteiger partial charge in [0.1, 0.15) is 6.56 Å². The zero-order valence-electron chi connectivity index (χ0n) is 24.4. The van der Waals surface area contributed by atoms with Gasteiger partial charge in [0.15, 0.2) is 2.82 Å². The first-order valence-electron chi connectivity index (χ1n) is 12.5. The van der Waals surface area contributed by atoms with Gasteiger partial charge in [-0.3, -0.25) is 0 Å². The summed E-state index contributed by atoms with van der Waals surface area (Å²) in [4.78, 5) is 12.9. The molecule has 2 aromatic rings. The maximum absolute atomic E-state index is 11.7. The van der Waals surface area contributed by atoms with Crippen LogP contribution in [0, 0.1) is 0 Å². The minimum Gasteiger partial charge on any atom is -0.447 e. The highest BCUT2D eigenvalue weighted by Crippen LogP contribution is 2.21. The normalized spacial score (nSPS) is 34.9. The quantitative estimate of drug-likeness (QED) is 0.887. The summed E-state index contributed by atoms with van der Waals surface area (Å²) in [5.41, 5.74) is -1.78. The van der Waals surface area contributed by atoms with E-state index in [9.17, 15) is 4.79 Å². The van der Waals surface area contributed by atoms with E-state index < -0.39 is 84.3 Å². The van der Waals surface area contributed by atoms with Gasteiger partial charge in [-0.2, -0.15) is 0 Å². The number of aromatic nitrogens is 1. The van der Waals surface area contributed by atoms with Crippen molar-refractivity contribution >= 4 is 17.0 Å². The van der Waals surface area contributed by atoms with Crippen LogP contribution in [0.4, 0.5) is 4.79 Å². The van der Waals surface area contributed by atoms with Crippen molar-refractivity contribution in [2.24, 2.45) is 0 Å². The fraction of sp³-hybridized carbons (Fsp3) is 0.438. The summed E-state index contributed by atoms with van der Waals surface area (Å²) in [7, 11) is 2.50. The van der Waals surface area contributed by atoms with Gasteiger partial charge in [0.05, 0.1) is 15.6 Å². The van der Waals surface area contributed by atoms with Gasteiger partial charge in [0.2, 0.25) is 0 Å². The third-order valence-corrected chi connectivity index (χ3v) is 2.61. The van der Waals surface area contributed by atoms with Gasteiger partial charge in [-0.1, -0.05) is 6.04 Å². The predicted octanol–water partition coefficient (Wildman–Crippen LogP) is 1.92. The Morgan fingerprint density at radius 1 is 1.67 bits per heavy atom. The molecular weight excluding hydrogens is 266 g/mol. The molecular formula is C16H21N3O2. The summed E-state index contributed by atoms with van der Waals surface area (Å²) < 4.78 is 111. The Hall–Kier alpha value is -2.01. The van der Waals surface area contributed by atoms with Crippen molar-refractivity contribution in [3.63, 3.8) is 0 Å². The number of cyclic esters (lactones) is 1. The van der Waals surface area contributed by atoms with Crippen molar-refractivity contribution < 1.29 is 27.4 Å². The molecule has 0 spiro atoms. The lowest BCUT2D eigenvalue weighted by Crippen LogP contribution is -2.28. The highest BCUT2D eigenvalue weighted by atomic mass is 16.6. The number of fused-ring (bicyclic) bond motifs is 1. The number of hydrogen-bond donors (Lipinski definition) is 2. The highest BCUT2D eigenvalue weighted by molar-refractivity contribution is 5.84. The van der Waals surface area contributed by atoms with Crippen LogP contribution in [-0.2, 0) is 17.5 Å². The smallest absolute Gasteiger partial charge is 0.407 e. The Labute approximate surface area is 142 Å². The van der Waals surface area contributed by atoms with Crippen LogP contribution in [0.2, 0.25) is 2.82 Å². The number of carbonyl (C=O) groups is 1. The molecule has 5 heteroatoms. The van der Waals surface area contributed by atoms with Crippen molar-refractivity contribution in [3.8, 4) is 0 Å². The lowest BCUT2D eigenvalue weighted by atomic mass is 10.0. The Morgan fingerprint density at radius 3 is 3.24 bits per heavy atom. The Morgan fingerprint density at radius 2 is 2.52 bits per heavy atom. The molecule has 21 heavy (non-hydrogen) atoms. The molecule has 0 unspecified atom stereocenters. The van der Waals surface area contributed by atoms with Crippen LogP contribution in [0.1, 0.15) is 26.2 Å². The van der Waals surface area contributed by atoms with E-state index in [1.807, 2.05) is 0 Å². The summed E-state index contributed by atoms with van der Waals surface area (Å²) in [5, 5.41) is -0.631. The minimum atomic E-state index is -3.04. The number of ether oxygens (including phenoxy) is 1. The summed E-state index contributed by atoms with van der Waals surface area (Å²) >= 11 is 0. The van der Waals surface area contributed by atoms with Crippen LogP contribution in [0.15, 0.2) is 24.3 Å². The number of rotatable bonds is 5. The summed E-state index contributed by atoms with van der Waals surface area (Å²) in [6.45, 7) is -5.78. The van der Waals surface area contributed by atoms with Crippen LogP contribution in [0.5, 0.6) is 0 Å². The zero-order valence-corrected chi connectivity index (χ0v) is 11.4. The topological polar surface area (TPSA) is 57.4 Å². The van der Waals surface area contributed by atoms with Gasteiger partial charge in [-0.25, -0.2) is 4.79 Å². The molecule has 3 rings (SSSR count). The molecule has 5 nitrogen and oxygen atoms in total. The average molecular weight is 300 g/mol. The van der Waals surface area contributed by atoms with Crippen LogP contribution in [-0.4, -0.2) is 49.1 Å². The second-order valence-electron chi connectivity index (χ2n) is 4.51. The van der Waals surface area contributed by atoms with E-state index in [0.29, 0.717) is 4.98 Å². The lowest BCUT2D eigenvalue weighted by Gasteiger charge is -2.09. The number of carbonyl (C=O) groups excluding carboxylic acids is 1. The van der Waals surface area contributed by atoms with E-state index in [1.165, 1.54) is 14.1 Å². The number of aromatic amines is 1. The Balaban J connectivity index is 2.40. The molecule has 1 saturated heterocycles. The van der Waals surface area contributed by atoms with Crippen molar-refractivity contribution in [2.75, 3.05) is 27.2 Å². The fourth-order valence-electron chi connectivity index (χ4n) is 1.72. The molecule has 0 radical (unpaired) electrons. The van der Waals surface area contributed by atoms with Crippen LogP contribution in [0.25, 0.3) is 10.9 Å². The number of benzene rings is 1. The van der Waals surface area contributed by atoms with E-state index in [2.05, 4.69) is 4.74 Å². The number of amides is 1. The van der Waals surface area contributed by atoms with Crippen LogP contribution in [0.3, 0.4) is 0 Å². The van der Waals surface area contributed by atoms with Crippen molar-refractivity contribution in [1.29, 1.82) is 0 Å². The van der Waals surface area contributed by atoms with Gasteiger partial charge in [0, 0.05) is 29.1 Å². The van der Waals surface area contributed by atoms with Crippen LogP contribution < -0.4 is 5.31 Å². The first-order chi connectivity index (χ1) is 15.3. The van der Waals surface area contributed by atoms with Crippen molar-refractivity contribution in [1.82, 2.24) is 15.2 Å². The number of alkyl carbamates (subject to hydrolysis) is 1. The zero-order chi connectivity index (χ0) is 26.3. The molecule has 2 heterocycles. The molecule has 112 valence electrons. The second-order valence-corrected chi connectivity index (χ2v) is 4.51. The largest absolute Gasteiger partial charge is 0.447 e. The molecule has 0 aliphatic carbocycles. The Bertz CT molecular complexity index is 1200. The number of H-pyrrole nitrogens is 1. The third kappa shape index (κ3) is 3.19. The molecule has 1 aromatic carbocycles. The molecule has 1 amide bonds. The molecule has 1 aliphatic rings. The molecule has 0 saturated carbocycles. The minimum absolute atomic E-state index is 0.101. The number of nitrogens with one attached hydrogen (secondary N) is 2. The van der Waals surface area contributed by atoms with E-state index in [4.69, 9.17) is 17.9 Å². The van der Waals surface area contributed by atoms with Gasteiger partial charge in [-0.15, -0.1) is 0 Å². The number of aryl methyl sites for hydroxylation is 1. The maximum atomic E-state index is 11.7. The SMILES string of the molecule is [2H]c1c(C[C@@]2([2H])N([2H])C(=O)OC2([2H])[2H])c([2H])c2c(C([2H])([2H])C([2H])([2H])N(C)C)c([2H])n([2H])c2c1[2H]. The molecule has 1 fully saturated rings. The monoisotopic (exact) mass is 300 g/mol. The number of nitrogens with zero attached hydrogens (tertiary/aromatic N) is 1. The summed E-state index contributed by atoms with van der Waals surface area (Å²) in [5.74, 6) is 0. The lowest BCUT2D eigenvalue weighted by molar-refractivity contribution is 0.177. The molecule has 1 atom stereocenters. The van der Waals surface area contributed by atoms with Gasteiger partial charge >= 0.3 is 6.09 Å². The molecule has 0 bridgehead atoms. The molecule has 1 aromatic heterocycles. The van der Waals surface area contributed by atoms with Crippen molar-refractivity contribution in [2.45, 2.75) is 18.8 Å². The maximum Gasteiger partial charge on any atom is 0.407 e. The third-order valence-electron chi connectivity index (χ3n) is 2.61. The molecule has 1 aliphatic heterocycles. The van der Waals surface area contributed by atoms with E-state index >= 15 is 0 Å². The van der Waals surface area contributed by atoms with Gasteiger partial charge in [-0.05, 0) is 50.1 Å². The van der Waals surface area contributed by atoms with Gasteiger partial charge < -0.3 is 19.9 Å². The number of hydrogen-bond acceptors (Lipinski definition) is 3. The predicted molar refractivity (Wildman–Crippen MR) is 82.5 cm³/mol. The molecule has 2 N–H and O–H groups in total. The first kappa shape index (κ1) is 5.32. The average Bonchev–Trinajstić information content (AvgIpc) is 3.06. The summed E-state index contributed by atoms with van der Waals surface area (Å²) in [6.07, 6.45) is -6.31. The summed E-state index contributed by atoms with van der Waals surface area (Å²) in [6, 6.07) is -5.02. The number of likely N-dealkylation sites (N-methyl/N-ethyl adjacent to an activating group) is 1. The van der Waals surface area contributed by atoms with E-state index in [-0.39, 0.29) is 5.31 Å². The van der Waals surface area contributed by atoms with E-state index in [1.54, 1.807) is 0 Å². The van der Waals surface area contributed by atoms with Crippen molar-refractivity contribution in [3.05, 3.63) is 35.4 Å². The first-order valence-corrected chi connectivity index (χ1v) is 6.08. The standard InChI is InChI=1S/C16H21N3O2/c1-19(2)6-5-12-9-17-15-4-3-11(8-14(12)15)7-13-10-21-16(20)18-13/h3-4,8-9,13,17H,5-7,10H2,1-2H3,(H,18,20)/t13-/m1/s1/i3D,4D,5D2,6D2,8D,9D,10D2,13D/hD2. The van der Waals surface area contributed by atoms with Gasteiger partial charge in [0.25, 0.3) is 0 Å². The van der Waals surface area contributed by atoms with Crippen LogP contribution >= 0.6 is 0 Å². The van der Waals surface area contributed by atoms with E-state index in [0.717, 1.165) is 4.90 Å². The Kier molecular flexibility index (Phi) is 1.46. The fourth-order valence-corrected chi connectivity index (χ4v) is 1.72. The highest BCUT2D eigenvalue weighted by Gasteiger charge is 2.22.